The fraction of sp³-hybridized carbons (Fsp3) is 0.529. The van der Waals surface area contributed by atoms with Gasteiger partial charge in [0.05, 0.1) is 23.6 Å². The van der Waals surface area contributed by atoms with E-state index in [1.54, 1.807) is 6.07 Å². The number of hydrogen-bond acceptors (Lipinski definition) is 3. The number of alkyl halides is 3. The zero-order valence-corrected chi connectivity index (χ0v) is 13.7. The van der Waals surface area contributed by atoms with Gasteiger partial charge >= 0.3 is 6.18 Å². The maximum atomic E-state index is 12.9. The first-order valence-electron chi connectivity index (χ1n) is 8.08. The summed E-state index contributed by atoms with van der Waals surface area (Å²) in [5, 5.41) is 9.94. The summed E-state index contributed by atoms with van der Waals surface area (Å²) in [5.41, 5.74) is -0.410. The summed E-state index contributed by atoms with van der Waals surface area (Å²) in [5.74, 6) is -0.695. The summed E-state index contributed by atoms with van der Waals surface area (Å²) < 4.78 is 38.8. The van der Waals surface area contributed by atoms with Crippen molar-refractivity contribution in [3.63, 3.8) is 0 Å². The van der Waals surface area contributed by atoms with E-state index < -0.39 is 23.9 Å². The molecule has 2 aliphatic heterocycles. The average Bonchev–Trinajstić information content (AvgIpc) is 2.86. The summed E-state index contributed by atoms with van der Waals surface area (Å²) in [6, 6.07) is 4.28. The Morgan fingerprint density at radius 2 is 1.88 bits per heavy atom. The molecule has 8 heteroatoms. The van der Waals surface area contributed by atoms with E-state index in [4.69, 9.17) is 0 Å². The highest BCUT2D eigenvalue weighted by atomic mass is 19.4. The van der Waals surface area contributed by atoms with Crippen LogP contribution in [0.15, 0.2) is 24.3 Å². The smallest absolute Gasteiger partial charge is 0.391 e. The molecule has 0 aromatic heterocycles. The van der Waals surface area contributed by atoms with Crippen molar-refractivity contribution in [3.8, 4) is 0 Å². The van der Waals surface area contributed by atoms with E-state index in [0.29, 0.717) is 18.7 Å². The van der Waals surface area contributed by atoms with Gasteiger partial charge in [-0.2, -0.15) is 13.2 Å². The van der Waals surface area contributed by atoms with Gasteiger partial charge in [-0.25, -0.2) is 0 Å². The zero-order valence-electron chi connectivity index (χ0n) is 13.7. The Hall–Kier alpha value is -2.09. The van der Waals surface area contributed by atoms with Gasteiger partial charge in [0.1, 0.15) is 0 Å². The van der Waals surface area contributed by atoms with Crippen LogP contribution >= 0.6 is 0 Å². The van der Waals surface area contributed by atoms with E-state index in [1.165, 1.54) is 22.8 Å². The molecule has 2 saturated heterocycles. The molecule has 1 aromatic rings. The van der Waals surface area contributed by atoms with Gasteiger partial charge in [-0.1, -0.05) is 12.1 Å². The molecular formula is C17H19F3N2O3. The third-order valence-electron chi connectivity index (χ3n) is 4.84. The first-order chi connectivity index (χ1) is 11.7. The standard InChI is InChI=1S/C17H19F3N2O3/c1-10(23)21-7-12(8-21)16(25)22-9-14(24)6-15(22)11-3-2-4-13(5-11)17(18,19)20/h2-5,12,14-15,24H,6-9H2,1H3/t14-,15-/m0/s1. The van der Waals surface area contributed by atoms with Crippen molar-refractivity contribution in [3.05, 3.63) is 35.4 Å². The van der Waals surface area contributed by atoms with Crippen LogP contribution in [0.5, 0.6) is 0 Å². The summed E-state index contributed by atoms with van der Waals surface area (Å²) >= 11 is 0. The molecule has 0 saturated carbocycles. The number of rotatable bonds is 2. The van der Waals surface area contributed by atoms with E-state index >= 15 is 0 Å². The fourth-order valence-corrected chi connectivity index (χ4v) is 3.42. The first kappa shape index (κ1) is 17.7. The van der Waals surface area contributed by atoms with Crippen molar-refractivity contribution in [1.29, 1.82) is 0 Å². The number of halogens is 3. The van der Waals surface area contributed by atoms with Gasteiger partial charge in [0.25, 0.3) is 0 Å². The van der Waals surface area contributed by atoms with Crippen molar-refractivity contribution < 1.29 is 27.9 Å². The van der Waals surface area contributed by atoms with Crippen LogP contribution in [0.4, 0.5) is 13.2 Å². The predicted octanol–water partition coefficient (Wildman–Crippen LogP) is 1.82. The molecular weight excluding hydrogens is 337 g/mol. The molecule has 0 radical (unpaired) electrons. The molecule has 0 unspecified atom stereocenters. The quantitative estimate of drug-likeness (QED) is 0.879. The Morgan fingerprint density at radius 1 is 1.20 bits per heavy atom. The summed E-state index contributed by atoms with van der Waals surface area (Å²) in [4.78, 5) is 26.9. The lowest BCUT2D eigenvalue weighted by atomic mass is 9.96. The molecule has 2 fully saturated rings. The third-order valence-corrected chi connectivity index (χ3v) is 4.84. The normalized spacial score (nSPS) is 24.4. The number of carbonyl (C=O) groups is 2. The molecule has 3 rings (SSSR count). The lowest BCUT2D eigenvalue weighted by molar-refractivity contribution is -0.148. The van der Waals surface area contributed by atoms with E-state index in [9.17, 15) is 27.9 Å². The molecule has 5 nitrogen and oxygen atoms in total. The minimum Gasteiger partial charge on any atom is -0.391 e. The number of β-amino-alcohol motifs (C(OH)–C–C–N with tert-alkyl or cyclic N) is 1. The summed E-state index contributed by atoms with van der Waals surface area (Å²) in [6.07, 6.45) is -5.03. The molecule has 2 atom stereocenters. The van der Waals surface area contributed by atoms with Crippen LogP contribution in [-0.2, 0) is 15.8 Å². The number of nitrogens with zero attached hydrogens (tertiary/aromatic N) is 2. The second kappa shape index (κ2) is 6.33. The van der Waals surface area contributed by atoms with Crippen LogP contribution in [0.3, 0.4) is 0 Å². The maximum absolute atomic E-state index is 12.9. The highest BCUT2D eigenvalue weighted by Crippen LogP contribution is 2.37. The topological polar surface area (TPSA) is 60.9 Å². The lowest BCUT2D eigenvalue weighted by Gasteiger charge is -2.40. The highest BCUT2D eigenvalue weighted by Gasteiger charge is 2.43. The van der Waals surface area contributed by atoms with E-state index in [1.807, 2.05) is 0 Å². The van der Waals surface area contributed by atoms with Crippen molar-refractivity contribution in [2.24, 2.45) is 5.92 Å². The van der Waals surface area contributed by atoms with Crippen LogP contribution in [0.25, 0.3) is 0 Å². The minimum absolute atomic E-state index is 0.0936. The van der Waals surface area contributed by atoms with Crippen molar-refractivity contribution >= 4 is 11.8 Å². The average molecular weight is 356 g/mol. The third kappa shape index (κ3) is 3.49. The Morgan fingerprint density at radius 3 is 2.48 bits per heavy atom. The van der Waals surface area contributed by atoms with Crippen molar-refractivity contribution in [2.45, 2.75) is 31.7 Å². The largest absolute Gasteiger partial charge is 0.416 e. The zero-order chi connectivity index (χ0) is 18.4. The lowest BCUT2D eigenvalue weighted by Crippen LogP contribution is -2.55. The Kier molecular flexibility index (Phi) is 4.49. The fourth-order valence-electron chi connectivity index (χ4n) is 3.42. The van der Waals surface area contributed by atoms with Crippen LogP contribution in [0.1, 0.15) is 30.5 Å². The Balaban J connectivity index is 1.79. The van der Waals surface area contributed by atoms with Crippen LogP contribution in [0.2, 0.25) is 0 Å². The molecule has 1 aromatic carbocycles. The van der Waals surface area contributed by atoms with Gasteiger partial charge in [0.2, 0.25) is 11.8 Å². The molecule has 0 aliphatic carbocycles. The predicted molar refractivity (Wildman–Crippen MR) is 82.3 cm³/mol. The van der Waals surface area contributed by atoms with Crippen LogP contribution in [0, 0.1) is 5.92 Å². The monoisotopic (exact) mass is 356 g/mol. The van der Waals surface area contributed by atoms with Crippen LogP contribution in [-0.4, -0.2) is 52.5 Å². The number of benzene rings is 1. The first-order valence-corrected chi connectivity index (χ1v) is 8.08. The van der Waals surface area contributed by atoms with Crippen molar-refractivity contribution in [2.75, 3.05) is 19.6 Å². The minimum atomic E-state index is -4.46. The summed E-state index contributed by atoms with van der Waals surface area (Å²) in [6.45, 7) is 2.15. The Bertz CT molecular complexity index is 686. The maximum Gasteiger partial charge on any atom is 0.416 e. The molecule has 0 spiro atoms. The van der Waals surface area contributed by atoms with Gasteiger partial charge in [-0.05, 0) is 24.1 Å². The van der Waals surface area contributed by atoms with Gasteiger partial charge in [-0.3, -0.25) is 9.59 Å². The van der Waals surface area contributed by atoms with Crippen LogP contribution < -0.4 is 0 Å². The molecule has 136 valence electrons. The van der Waals surface area contributed by atoms with E-state index in [0.717, 1.165) is 12.1 Å². The van der Waals surface area contributed by atoms with Gasteiger partial charge in [0, 0.05) is 26.6 Å². The van der Waals surface area contributed by atoms with Crippen molar-refractivity contribution in [1.82, 2.24) is 9.80 Å². The number of aliphatic hydroxyl groups excluding tert-OH is 1. The second-order valence-electron chi connectivity index (χ2n) is 6.64. The molecule has 2 amide bonds. The number of likely N-dealkylation sites (tertiary alicyclic amines) is 2. The van der Waals surface area contributed by atoms with E-state index in [-0.39, 0.29) is 30.7 Å². The summed E-state index contributed by atoms with van der Waals surface area (Å²) in [7, 11) is 0. The number of aliphatic hydroxyl groups is 1. The number of carbonyl (C=O) groups excluding carboxylic acids is 2. The molecule has 2 aliphatic rings. The molecule has 0 bridgehead atoms. The number of amides is 2. The molecule has 2 heterocycles. The molecule has 25 heavy (non-hydrogen) atoms. The highest BCUT2D eigenvalue weighted by molar-refractivity contribution is 5.84. The van der Waals surface area contributed by atoms with Gasteiger partial charge in [0.15, 0.2) is 0 Å². The SMILES string of the molecule is CC(=O)N1CC(C(=O)N2C[C@@H](O)C[C@H]2c2cccc(C(F)(F)F)c2)C1. The number of hydrogen-bond donors (Lipinski definition) is 1. The van der Waals surface area contributed by atoms with E-state index in [2.05, 4.69) is 0 Å². The van der Waals surface area contributed by atoms with Gasteiger partial charge in [-0.15, -0.1) is 0 Å². The second-order valence-corrected chi connectivity index (χ2v) is 6.64. The van der Waals surface area contributed by atoms with Gasteiger partial charge < -0.3 is 14.9 Å². The molecule has 1 N–H and O–H groups in total. The Labute approximate surface area is 143 Å².